The minimum absolute atomic E-state index is 0.104. The number of pyridine rings is 1. The molecule has 6 nitrogen and oxygen atoms in total. The highest BCUT2D eigenvalue weighted by molar-refractivity contribution is 6.33. The number of nitrogens with zero attached hydrogens (tertiary/aromatic N) is 3. The van der Waals surface area contributed by atoms with Gasteiger partial charge in [0.15, 0.2) is 0 Å². The molecular weight excluding hydrogens is 520 g/mol. The van der Waals surface area contributed by atoms with E-state index >= 15 is 0 Å². The molecule has 2 saturated heterocycles. The zero-order chi connectivity index (χ0) is 27.5. The van der Waals surface area contributed by atoms with Crippen LogP contribution in [0.5, 0.6) is 0 Å². The highest BCUT2D eigenvalue weighted by atomic mass is 35.5. The molecule has 1 spiro atoms. The summed E-state index contributed by atoms with van der Waals surface area (Å²) in [6, 6.07) is 17.3. The van der Waals surface area contributed by atoms with Crippen molar-refractivity contribution in [2.45, 2.75) is 57.4 Å². The van der Waals surface area contributed by atoms with Crippen LogP contribution in [-0.4, -0.2) is 47.9 Å². The number of benzene rings is 2. The van der Waals surface area contributed by atoms with Gasteiger partial charge < -0.3 is 15.1 Å². The van der Waals surface area contributed by atoms with Crippen molar-refractivity contribution in [3.05, 3.63) is 94.3 Å². The van der Waals surface area contributed by atoms with Crippen LogP contribution >= 0.6 is 11.6 Å². The van der Waals surface area contributed by atoms with Gasteiger partial charge in [-0.2, -0.15) is 0 Å². The molecule has 3 heterocycles. The molecule has 1 atom stereocenters. The van der Waals surface area contributed by atoms with Crippen LogP contribution in [0.15, 0.2) is 67.0 Å². The fourth-order valence-electron chi connectivity index (χ4n) is 6.79. The van der Waals surface area contributed by atoms with Gasteiger partial charge in [-0.1, -0.05) is 36.2 Å². The maximum absolute atomic E-state index is 13.7. The third-order valence-corrected chi connectivity index (χ3v) is 9.67. The second-order valence-electron chi connectivity index (χ2n) is 11.6. The number of likely N-dealkylation sites (tertiary alicyclic amines) is 1. The van der Waals surface area contributed by atoms with Crippen molar-refractivity contribution in [2.24, 2.45) is 5.41 Å². The number of hydrogen-bond acceptors (Lipinski definition) is 4. The average molecular weight is 557 g/mol. The Hall–Kier alpha value is -3.38. The summed E-state index contributed by atoms with van der Waals surface area (Å²) in [7, 11) is 0. The maximum Gasteiger partial charge on any atom is 0.253 e. The number of hydrogen-bond donors (Lipinski definition) is 1. The number of fused-ring (bicyclic) bond motifs is 1. The maximum atomic E-state index is 13.7. The molecule has 7 heteroatoms. The van der Waals surface area contributed by atoms with E-state index in [0.717, 1.165) is 75.8 Å². The van der Waals surface area contributed by atoms with Gasteiger partial charge in [-0.05, 0) is 97.9 Å². The number of rotatable bonds is 4. The lowest BCUT2D eigenvalue weighted by Crippen LogP contribution is -2.48. The Morgan fingerprint density at radius 1 is 0.900 bits per heavy atom. The summed E-state index contributed by atoms with van der Waals surface area (Å²) < 4.78 is 0. The Labute approximate surface area is 241 Å². The average Bonchev–Trinajstić information content (AvgIpc) is 3.20. The smallest absolute Gasteiger partial charge is 0.253 e. The Morgan fingerprint density at radius 3 is 2.38 bits per heavy atom. The quantitative estimate of drug-likeness (QED) is 0.375. The topological polar surface area (TPSA) is 65.5 Å². The summed E-state index contributed by atoms with van der Waals surface area (Å²) in [6.07, 6.45) is 12.1. The lowest BCUT2D eigenvalue weighted by Gasteiger charge is -2.47. The minimum Gasteiger partial charge on any atom is -0.371 e. The van der Waals surface area contributed by atoms with E-state index in [1.807, 2.05) is 41.6 Å². The second-order valence-corrected chi connectivity index (χ2v) is 12.1. The monoisotopic (exact) mass is 556 g/mol. The summed E-state index contributed by atoms with van der Waals surface area (Å²) in [5, 5.41) is 3.66. The molecule has 2 fully saturated rings. The van der Waals surface area contributed by atoms with Gasteiger partial charge in [0.05, 0.1) is 16.6 Å². The molecule has 3 aromatic rings. The summed E-state index contributed by atoms with van der Waals surface area (Å²) in [5.41, 5.74) is 5.08. The van der Waals surface area contributed by atoms with E-state index in [1.54, 1.807) is 12.1 Å². The molecular formula is C33H37ClN4O2. The zero-order valence-electron chi connectivity index (χ0n) is 22.9. The molecule has 2 aromatic carbocycles. The van der Waals surface area contributed by atoms with Crippen LogP contribution in [0.4, 0.5) is 5.69 Å². The van der Waals surface area contributed by atoms with Crippen molar-refractivity contribution in [1.82, 2.24) is 15.2 Å². The minimum atomic E-state index is -0.170. The molecule has 0 radical (unpaired) electrons. The van der Waals surface area contributed by atoms with Gasteiger partial charge in [0.2, 0.25) is 0 Å². The van der Waals surface area contributed by atoms with E-state index in [0.29, 0.717) is 16.0 Å². The molecule has 1 unspecified atom stereocenters. The number of nitrogens with one attached hydrogen (secondary N) is 1. The molecule has 6 rings (SSSR count). The van der Waals surface area contributed by atoms with Gasteiger partial charge in [-0.25, -0.2) is 0 Å². The van der Waals surface area contributed by atoms with Crippen molar-refractivity contribution >= 4 is 29.1 Å². The van der Waals surface area contributed by atoms with Crippen molar-refractivity contribution in [3.63, 3.8) is 0 Å². The summed E-state index contributed by atoms with van der Waals surface area (Å²) in [5.74, 6) is -0.0659. The number of aromatic nitrogens is 1. The molecule has 40 heavy (non-hydrogen) atoms. The fraction of sp³-hybridized carbons (Fsp3) is 0.424. The van der Waals surface area contributed by atoms with Crippen molar-refractivity contribution in [1.29, 1.82) is 0 Å². The molecule has 1 N–H and O–H groups in total. The Balaban J connectivity index is 1.12. The van der Waals surface area contributed by atoms with E-state index in [1.165, 1.54) is 24.1 Å². The number of halogens is 1. The third kappa shape index (κ3) is 5.60. The largest absolute Gasteiger partial charge is 0.371 e. The standard InChI is InChI=1S/C33H37ClN4O2/c34-29-7-3-2-6-27(29)31(39)36-30-8-4-1-5-24-9-10-25(23-28(24)30)32(40)38-21-15-33(16-22-38)13-19-37(20-14-33)26-11-17-35-18-12-26/h2-3,6-7,9-12,17-18,23,30H,1,4-5,8,13-16,19-22H2,(H,36,39). The molecule has 3 aliphatic rings. The molecule has 2 amide bonds. The molecule has 1 aromatic heterocycles. The normalized spacial score (nSPS) is 20.5. The summed E-state index contributed by atoms with van der Waals surface area (Å²) in [4.78, 5) is 35.4. The van der Waals surface area contributed by atoms with Crippen molar-refractivity contribution < 1.29 is 9.59 Å². The second kappa shape index (κ2) is 11.6. The van der Waals surface area contributed by atoms with E-state index in [9.17, 15) is 9.59 Å². The number of carbonyl (C=O) groups excluding carboxylic acids is 2. The van der Waals surface area contributed by atoms with Gasteiger partial charge in [0.25, 0.3) is 11.8 Å². The van der Waals surface area contributed by atoms with Crippen LogP contribution in [0.2, 0.25) is 5.02 Å². The van der Waals surface area contributed by atoms with Gasteiger partial charge in [0, 0.05) is 49.8 Å². The Bertz CT molecular complexity index is 1360. The SMILES string of the molecule is O=C(NC1CCCCc2ccc(C(=O)N3CCC4(CC3)CCN(c3ccncc3)CC4)cc21)c1ccccc1Cl. The van der Waals surface area contributed by atoms with E-state index in [4.69, 9.17) is 11.6 Å². The van der Waals surface area contributed by atoms with Crippen molar-refractivity contribution in [2.75, 3.05) is 31.1 Å². The predicted molar refractivity (Wildman–Crippen MR) is 159 cm³/mol. The number of piperidine rings is 2. The first kappa shape index (κ1) is 26.8. The molecule has 208 valence electrons. The number of carbonyl (C=O) groups is 2. The highest BCUT2D eigenvalue weighted by Crippen LogP contribution is 2.42. The molecule has 0 saturated carbocycles. The van der Waals surface area contributed by atoms with Crippen molar-refractivity contribution in [3.8, 4) is 0 Å². The lowest BCUT2D eigenvalue weighted by atomic mass is 9.71. The van der Waals surface area contributed by atoms with Gasteiger partial charge in [0.1, 0.15) is 0 Å². The highest BCUT2D eigenvalue weighted by Gasteiger charge is 2.39. The zero-order valence-corrected chi connectivity index (χ0v) is 23.7. The Morgan fingerprint density at radius 2 is 1.62 bits per heavy atom. The van der Waals surface area contributed by atoms with E-state index < -0.39 is 0 Å². The van der Waals surface area contributed by atoms with Gasteiger partial charge in [-0.15, -0.1) is 0 Å². The van der Waals surface area contributed by atoms with Crippen LogP contribution in [0.25, 0.3) is 0 Å². The first-order valence-corrected chi connectivity index (χ1v) is 15.0. The number of amides is 2. The first-order valence-electron chi connectivity index (χ1n) is 14.6. The van der Waals surface area contributed by atoms with Crippen LogP contribution in [0, 0.1) is 5.41 Å². The predicted octanol–water partition coefficient (Wildman–Crippen LogP) is 6.46. The Kier molecular flexibility index (Phi) is 7.79. The fourth-order valence-corrected chi connectivity index (χ4v) is 7.01. The molecule has 1 aliphatic carbocycles. The van der Waals surface area contributed by atoms with Crippen LogP contribution < -0.4 is 10.2 Å². The summed E-state index contributed by atoms with van der Waals surface area (Å²) in [6.45, 7) is 3.73. The van der Waals surface area contributed by atoms with E-state index in [2.05, 4.69) is 33.4 Å². The first-order chi connectivity index (χ1) is 19.5. The lowest BCUT2D eigenvalue weighted by molar-refractivity contribution is 0.0515. The van der Waals surface area contributed by atoms with Gasteiger partial charge in [-0.3, -0.25) is 14.6 Å². The van der Waals surface area contributed by atoms with Crippen LogP contribution in [0.3, 0.4) is 0 Å². The van der Waals surface area contributed by atoms with Crippen LogP contribution in [0.1, 0.15) is 82.8 Å². The van der Waals surface area contributed by atoms with Crippen LogP contribution in [-0.2, 0) is 6.42 Å². The number of anilines is 1. The molecule has 2 aliphatic heterocycles. The van der Waals surface area contributed by atoms with E-state index in [-0.39, 0.29) is 17.9 Å². The number of aryl methyl sites for hydroxylation is 1. The summed E-state index contributed by atoms with van der Waals surface area (Å²) >= 11 is 6.30. The molecule has 0 bridgehead atoms. The third-order valence-electron chi connectivity index (χ3n) is 9.34. The van der Waals surface area contributed by atoms with Gasteiger partial charge >= 0.3 is 0 Å².